The number of halogens is 4. The van der Waals surface area contributed by atoms with E-state index < -0.39 is 39.9 Å². The molecule has 3 aliphatic carbocycles. The molecule has 97 heavy (non-hydrogen) atoms. The van der Waals surface area contributed by atoms with Crippen LogP contribution >= 0.6 is 50.7 Å². The van der Waals surface area contributed by atoms with Crippen molar-refractivity contribution in [3.05, 3.63) is 213 Å². The molecule has 6 amide bonds. The second kappa shape index (κ2) is 26.7. The molecule has 34 heteroatoms. The Bertz CT molecular complexity index is 4670. The van der Waals surface area contributed by atoms with Gasteiger partial charge in [-0.3, -0.25) is 71.8 Å². The van der Waals surface area contributed by atoms with Gasteiger partial charge in [0.2, 0.25) is 17.7 Å². The Morgan fingerprint density at radius 2 is 0.753 bits per heavy atom. The third kappa shape index (κ3) is 13.7. The van der Waals surface area contributed by atoms with Gasteiger partial charge in [0.25, 0.3) is 34.4 Å². The van der Waals surface area contributed by atoms with Crippen molar-refractivity contribution in [3.8, 4) is 0 Å². The second-order valence-electron chi connectivity index (χ2n) is 23.4. The first-order chi connectivity index (χ1) is 46.4. The molecular formula is C63H55BrCl3N21O9. The van der Waals surface area contributed by atoms with Crippen LogP contribution in [-0.4, -0.2) is 94.0 Å². The van der Waals surface area contributed by atoms with Gasteiger partial charge in [-0.1, -0.05) is 34.8 Å². The molecule has 3 aliphatic heterocycles. The number of carbonyl (C=O) groups is 6. The van der Waals surface area contributed by atoms with E-state index in [4.69, 9.17) is 40.5 Å². The summed E-state index contributed by atoms with van der Waals surface area (Å²) in [4.78, 5) is 148. The number of hydrogen-bond acceptors (Lipinski definition) is 21. The van der Waals surface area contributed by atoms with Crippen molar-refractivity contribution in [1.29, 1.82) is 0 Å². The molecule has 0 spiro atoms. The fourth-order valence-corrected chi connectivity index (χ4v) is 12.3. The zero-order valence-electron chi connectivity index (χ0n) is 51.2. The van der Waals surface area contributed by atoms with Crippen LogP contribution in [-0.2, 0) is 31.4 Å². The molecule has 12 heterocycles. The molecule has 0 bridgehead atoms. The Hall–Kier alpha value is -10.9. The van der Waals surface area contributed by atoms with Crippen LogP contribution in [0, 0.1) is 17.8 Å². The van der Waals surface area contributed by atoms with Gasteiger partial charge in [0.1, 0.15) is 99.3 Å². The summed E-state index contributed by atoms with van der Waals surface area (Å²) in [7, 11) is 0. The van der Waals surface area contributed by atoms with Crippen LogP contribution in [0.3, 0.4) is 0 Å². The standard InChI is InChI=1S/2C21H18ClN7O3.C13H9BrClN3O2.C8H10N4O/c2*1-21(12-4-6-23-7-5-12)28-19(31)17-13(22)8-14(20(32)29(17)21)26-15-9-16(25-10-24-15)27-18(30)11-2-3-11;1-13(7-2-4-16-5-3-7)17-11(19)10-9(15)6-8(14)12(20)18(10)13;9-6-3-7(11-4-10-6)12-8(13)5-1-2-5/h2*4-11H,2-3H2,1H3,(H,28,31)(H2,24,25,26,27,30);2-6H,1H3,(H,17,19);3-5H,1-2H2,(H3,9,10,11,12,13). The average Bonchev–Trinajstić information content (AvgIpc) is 1.61. The Morgan fingerprint density at radius 3 is 1.08 bits per heavy atom. The Morgan fingerprint density at radius 1 is 0.454 bits per heavy atom. The second-order valence-corrected chi connectivity index (χ2v) is 25.4. The molecule has 3 atom stereocenters. The van der Waals surface area contributed by atoms with Crippen molar-refractivity contribution in [2.24, 2.45) is 17.8 Å². The summed E-state index contributed by atoms with van der Waals surface area (Å²) in [6, 6.07) is 19.2. The van der Waals surface area contributed by atoms with Gasteiger partial charge in [0.05, 0.1) is 19.5 Å². The van der Waals surface area contributed by atoms with Gasteiger partial charge < -0.3 is 48.3 Å². The fraction of sp³-hybridized carbons (Fsp3) is 0.238. The van der Waals surface area contributed by atoms with Gasteiger partial charge >= 0.3 is 0 Å². The molecule has 15 rings (SSSR count). The normalized spacial score (nSPS) is 19.0. The first kappa shape index (κ1) is 66.1. The summed E-state index contributed by atoms with van der Waals surface area (Å²) in [6.07, 6.45) is 18.9. The quantitative estimate of drug-likeness (QED) is 0.0560. The Kier molecular flexibility index (Phi) is 18.2. The van der Waals surface area contributed by atoms with Crippen molar-refractivity contribution in [3.63, 3.8) is 0 Å². The number of anilines is 8. The van der Waals surface area contributed by atoms with Crippen molar-refractivity contribution < 1.29 is 28.8 Å². The van der Waals surface area contributed by atoms with Gasteiger partial charge in [0, 0.05) is 89.8 Å². The lowest BCUT2D eigenvalue weighted by Crippen LogP contribution is -2.46. The maximum Gasteiger partial charge on any atom is 0.277 e. The minimum Gasteiger partial charge on any atom is -0.384 e. The number of rotatable bonds is 13. The highest BCUT2D eigenvalue weighted by molar-refractivity contribution is 9.10. The zero-order chi connectivity index (χ0) is 68.7. The van der Waals surface area contributed by atoms with Crippen LogP contribution in [0.25, 0.3) is 0 Å². The SMILES string of the molecule is CC1(c2ccncc2)NC(=O)c2c(Cl)cc(Br)c(=O)n21.CC1(c2ccncc2)NC(=O)c2c(Cl)cc(Nc3cc(NC(=O)C4CC4)ncn3)c(=O)n21.CC1(c2ccncc2)NC(=O)c2c(Cl)cc(Nc3cc(NC(=O)C4CC4)ncn3)c(=O)n21.Nc1cc(NC(=O)C2CC2)ncn1. The lowest BCUT2D eigenvalue weighted by atomic mass is 10.0. The number of nitrogen functional groups attached to an aromatic ring is 1. The first-order valence-corrected chi connectivity index (χ1v) is 31.8. The number of nitrogens with two attached hydrogens (primary N) is 1. The van der Waals surface area contributed by atoms with Gasteiger partial charge in [-0.05, 0) is 130 Å². The van der Waals surface area contributed by atoms with Crippen LogP contribution in [0.15, 0.2) is 148 Å². The molecular weight excluding hydrogens is 1380 g/mol. The van der Waals surface area contributed by atoms with E-state index in [9.17, 15) is 43.2 Å². The van der Waals surface area contributed by atoms with E-state index in [1.165, 1.54) is 63.0 Å². The van der Waals surface area contributed by atoms with Crippen LogP contribution in [0.1, 0.15) is 107 Å². The van der Waals surface area contributed by atoms with Gasteiger partial charge in [-0.2, -0.15) is 0 Å². The number of carbonyl (C=O) groups excluding carboxylic acids is 6. The minimum absolute atomic E-state index is 0.0254. The Balaban J connectivity index is 0.000000130. The summed E-state index contributed by atoms with van der Waals surface area (Å²) in [5, 5.41) is 23.0. The van der Waals surface area contributed by atoms with E-state index in [1.54, 1.807) is 100 Å². The van der Waals surface area contributed by atoms with Crippen molar-refractivity contribution in [2.45, 2.75) is 76.3 Å². The first-order valence-electron chi connectivity index (χ1n) is 29.8. The number of fused-ring (bicyclic) bond motifs is 3. The molecule has 3 unspecified atom stereocenters. The molecule has 0 saturated heterocycles. The molecule has 0 aromatic carbocycles. The summed E-state index contributed by atoms with van der Waals surface area (Å²) in [5.74, 6) is 0.866. The third-order valence-electron chi connectivity index (χ3n) is 16.4. The van der Waals surface area contributed by atoms with E-state index in [0.717, 1.165) is 44.1 Å². The molecule has 3 saturated carbocycles. The maximum atomic E-state index is 13.4. The van der Waals surface area contributed by atoms with Crippen molar-refractivity contribution in [1.82, 2.24) is 74.5 Å². The summed E-state index contributed by atoms with van der Waals surface area (Å²) >= 11 is 22.1. The van der Waals surface area contributed by atoms with E-state index in [1.807, 2.05) is 0 Å². The van der Waals surface area contributed by atoms with Crippen LogP contribution < -0.4 is 64.9 Å². The van der Waals surface area contributed by atoms with Crippen molar-refractivity contribution >= 4 is 132 Å². The number of hydrogen-bond donors (Lipinski definition) is 9. The highest BCUT2D eigenvalue weighted by atomic mass is 79.9. The summed E-state index contributed by atoms with van der Waals surface area (Å²) < 4.78 is 4.33. The van der Waals surface area contributed by atoms with E-state index in [0.29, 0.717) is 50.5 Å². The minimum atomic E-state index is -1.15. The van der Waals surface area contributed by atoms with E-state index in [-0.39, 0.29) is 90.5 Å². The number of nitrogens with one attached hydrogen (secondary N) is 8. The molecule has 9 aromatic heterocycles. The number of nitrogens with zero attached hydrogens (tertiary/aromatic N) is 12. The van der Waals surface area contributed by atoms with Crippen molar-refractivity contribution in [2.75, 3.05) is 32.3 Å². The zero-order valence-corrected chi connectivity index (χ0v) is 55.1. The molecule has 3 fully saturated rings. The fourth-order valence-electron chi connectivity index (χ4n) is 10.9. The van der Waals surface area contributed by atoms with E-state index >= 15 is 0 Å². The van der Waals surface area contributed by atoms with Crippen LogP contribution in [0.5, 0.6) is 0 Å². The highest BCUT2D eigenvalue weighted by Gasteiger charge is 2.46. The van der Waals surface area contributed by atoms with Gasteiger partial charge in [0.15, 0.2) is 0 Å². The predicted molar refractivity (Wildman–Crippen MR) is 359 cm³/mol. The van der Waals surface area contributed by atoms with Gasteiger partial charge in [-0.25, -0.2) is 29.9 Å². The number of amides is 6. The van der Waals surface area contributed by atoms with Gasteiger partial charge in [-0.15, -0.1) is 0 Å². The molecule has 6 aliphatic rings. The lowest BCUT2D eigenvalue weighted by Gasteiger charge is -2.28. The smallest absolute Gasteiger partial charge is 0.277 e. The third-order valence-corrected chi connectivity index (χ3v) is 17.8. The lowest BCUT2D eigenvalue weighted by molar-refractivity contribution is -0.118. The Labute approximate surface area is 572 Å². The van der Waals surface area contributed by atoms with E-state index in [2.05, 4.69) is 103 Å². The summed E-state index contributed by atoms with van der Waals surface area (Å²) in [6.45, 7) is 5.18. The number of pyridine rings is 6. The summed E-state index contributed by atoms with van der Waals surface area (Å²) in [5.41, 5.74) is 3.51. The van der Waals surface area contributed by atoms with Crippen LogP contribution in [0.2, 0.25) is 15.1 Å². The molecule has 10 N–H and O–H groups in total. The number of aromatic nitrogens is 12. The largest absolute Gasteiger partial charge is 0.384 e. The topological polar surface area (TPSA) is 407 Å². The van der Waals surface area contributed by atoms with Crippen LogP contribution in [0.4, 0.5) is 46.3 Å². The monoisotopic (exact) mass is 1430 g/mol. The highest BCUT2D eigenvalue weighted by Crippen LogP contribution is 2.38. The molecule has 30 nitrogen and oxygen atoms in total. The molecule has 0 radical (unpaired) electrons. The molecule has 9 aromatic rings. The maximum absolute atomic E-state index is 13.4. The average molecular weight is 1440 g/mol. The molecule has 494 valence electrons. The predicted octanol–water partition coefficient (Wildman–Crippen LogP) is 7.02.